The van der Waals surface area contributed by atoms with Gasteiger partial charge in [-0.3, -0.25) is 0 Å². The number of nitrogens with zero attached hydrogens (tertiary/aromatic N) is 9. The molecule has 4 heterocycles. The Bertz CT molecular complexity index is 1870. The lowest BCUT2D eigenvalue weighted by Gasteiger charge is -2.31. The number of aryl methyl sites for hydroxylation is 1. The molecule has 1 aliphatic heterocycles. The molecule has 4 aromatic rings. The Morgan fingerprint density at radius 3 is 2.40 bits per heavy atom. The molecule has 2 N–H and O–H groups in total. The Kier molecular flexibility index (Phi) is 9.51. The van der Waals surface area contributed by atoms with E-state index in [0.29, 0.717) is 40.5 Å². The third-order valence-corrected chi connectivity index (χ3v) is 7.95. The van der Waals surface area contributed by atoms with Crippen molar-refractivity contribution in [3.8, 4) is 5.88 Å². The zero-order chi connectivity index (χ0) is 35.0. The predicted molar refractivity (Wildman–Crippen MR) is 176 cm³/mol. The molecule has 256 valence electrons. The number of carbonyl (C=O) groups excluding carboxylic acids is 3. The summed E-state index contributed by atoms with van der Waals surface area (Å²) < 4.78 is 20.0. The lowest BCUT2D eigenvalue weighted by Crippen LogP contribution is -2.51. The average Bonchev–Trinajstić information content (AvgIpc) is 3.67. The number of halogens is 2. The maximum atomic E-state index is 13.0. The fraction of sp³-hybridized carbons (Fsp3) is 0.483. The molecule has 17 nitrogen and oxygen atoms in total. The third kappa shape index (κ3) is 7.92. The van der Waals surface area contributed by atoms with Crippen molar-refractivity contribution in [2.75, 3.05) is 18.0 Å². The SMILES string of the molecule is Cn1nnnc1[C@@]1(NC(=O)OC(C)(C)C)CCN(c2cc(Cl)cc(Br)c2Cn2cnc3c(OC(=O)NC(=O)OC(C)(C)C)ncnc32)C1. The highest BCUT2D eigenvalue weighted by Gasteiger charge is 2.46. The van der Waals surface area contributed by atoms with Crippen LogP contribution in [-0.4, -0.2) is 82.3 Å². The molecule has 48 heavy (non-hydrogen) atoms. The van der Waals surface area contributed by atoms with Gasteiger partial charge in [-0.25, -0.2) is 34.4 Å². The van der Waals surface area contributed by atoms with Gasteiger partial charge in [0.15, 0.2) is 17.0 Å². The van der Waals surface area contributed by atoms with Gasteiger partial charge in [0.25, 0.3) is 5.88 Å². The number of amides is 3. The summed E-state index contributed by atoms with van der Waals surface area (Å²) in [5, 5.41) is 17.6. The summed E-state index contributed by atoms with van der Waals surface area (Å²) in [6.07, 6.45) is 0.579. The number of rotatable bonds is 6. The number of imidazole rings is 1. The number of fused-ring (bicyclic) bond motifs is 1. The minimum Gasteiger partial charge on any atom is -0.444 e. The number of hydrogen-bond acceptors (Lipinski definition) is 13. The Balaban J connectivity index is 1.43. The molecule has 1 atom stereocenters. The van der Waals surface area contributed by atoms with Crippen LogP contribution in [0.4, 0.5) is 20.1 Å². The van der Waals surface area contributed by atoms with E-state index < -0.39 is 35.0 Å². The van der Waals surface area contributed by atoms with Crippen LogP contribution in [0.5, 0.6) is 5.88 Å². The average molecular weight is 749 g/mol. The van der Waals surface area contributed by atoms with E-state index in [2.05, 4.69) is 56.6 Å². The molecule has 19 heteroatoms. The standard InChI is InChI=1S/C29H35BrClN11O6/c1-27(2,3)47-25(44)35-24(43)46-22-20-21(32-14-33-22)42(15-34-20)12-17-18(30)10-16(31)11-19(17)41-9-8-29(13-41,23-37-38-39-40(23)7)36-26(45)48-28(4,5)6/h10-11,14-15H,8-9,12-13H2,1-7H3,(H,36,45)(H,35,43,44)/t29-/m1/s1. The highest BCUT2D eigenvalue weighted by atomic mass is 79.9. The second kappa shape index (κ2) is 13.1. The minimum atomic E-state index is -1.09. The molecular formula is C29H35BrClN11O6. The van der Waals surface area contributed by atoms with Gasteiger partial charge >= 0.3 is 18.3 Å². The Morgan fingerprint density at radius 2 is 1.73 bits per heavy atom. The summed E-state index contributed by atoms with van der Waals surface area (Å²) in [7, 11) is 1.71. The molecule has 3 amide bonds. The molecule has 0 aliphatic carbocycles. The number of nitrogens with one attached hydrogen (secondary N) is 2. The van der Waals surface area contributed by atoms with Crippen molar-refractivity contribution in [1.29, 1.82) is 0 Å². The number of benzene rings is 1. The third-order valence-electron chi connectivity index (χ3n) is 7.02. The van der Waals surface area contributed by atoms with Gasteiger partial charge in [0, 0.05) is 40.9 Å². The molecule has 0 unspecified atom stereocenters. The number of alkyl carbamates (subject to hydrolysis) is 2. The van der Waals surface area contributed by atoms with Gasteiger partial charge < -0.3 is 29.0 Å². The van der Waals surface area contributed by atoms with Crippen molar-refractivity contribution in [1.82, 2.24) is 50.4 Å². The fourth-order valence-corrected chi connectivity index (χ4v) is 6.16. The van der Waals surface area contributed by atoms with Crippen LogP contribution >= 0.6 is 27.5 Å². The van der Waals surface area contributed by atoms with Crippen molar-refractivity contribution in [3.05, 3.63) is 45.7 Å². The smallest absolute Gasteiger partial charge is 0.423 e. The number of carbonyl (C=O) groups is 3. The van der Waals surface area contributed by atoms with E-state index in [9.17, 15) is 14.4 Å². The van der Waals surface area contributed by atoms with Crippen LogP contribution in [-0.2, 0) is 28.6 Å². The first-order chi connectivity index (χ1) is 22.4. The van der Waals surface area contributed by atoms with Crippen molar-refractivity contribution >= 4 is 62.7 Å². The summed E-state index contributed by atoms with van der Waals surface area (Å²) in [6, 6.07) is 3.61. The molecule has 1 aliphatic rings. The van der Waals surface area contributed by atoms with Crippen LogP contribution in [0.3, 0.4) is 0 Å². The topological polar surface area (TPSA) is 193 Å². The summed E-state index contributed by atoms with van der Waals surface area (Å²) >= 11 is 10.2. The molecular weight excluding hydrogens is 714 g/mol. The summed E-state index contributed by atoms with van der Waals surface area (Å²) in [5.74, 6) is 0.323. The zero-order valence-electron chi connectivity index (χ0n) is 27.4. The summed E-state index contributed by atoms with van der Waals surface area (Å²) in [5.41, 5.74) is -0.333. The van der Waals surface area contributed by atoms with Crippen LogP contribution in [0.15, 0.2) is 29.3 Å². The van der Waals surface area contributed by atoms with Gasteiger partial charge in [0.2, 0.25) is 0 Å². The van der Waals surface area contributed by atoms with E-state index in [0.717, 1.165) is 11.3 Å². The molecule has 0 spiro atoms. The molecule has 0 radical (unpaired) electrons. The lowest BCUT2D eigenvalue weighted by molar-refractivity contribution is 0.0452. The second-order valence-corrected chi connectivity index (χ2v) is 14.4. The Labute approximate surface area is 288 Å². The van der Waals surface area contributed by atoms with E-state index in [1.807, 2.05) is 11.4 Å². The normalized spacial score (nSPS) is 16.6. The number of anilines is 1. The van der Waals surface area contributed by atoms with E-state index in [1.165, 1.54) is 17.3 Å². The van der Waals surface area contributed by atoms with Gasteiger partial charge in [0.1, 0.15) is 23.1 Å². The van der Waals surface area contributed by atoms with Crippen molar-refractivity contribution in [2.24, 2.45) is 7.05 Å². The quantitative estimate of drug-likeness (QED) is 0.281. The number of hydrogen-bond donors (Lipinski definition) is 2. The van der Waals surface area contributed by atoms with E-state index >= 15 is 0 Å². The maximum absolute atomic E-state index is 13.0. The van der Waals surface area contributed by atoms with Crippen LogP contribution in [0, 0.1) is 0 Å². The number of aromatic nitrogens is 8. The largest absolute Gasteiger partial charge is 0.444 e. The number of tetrazole rings is 1. The van der Waals surface area contributed by atoms with Gasteiger partial charge in [0.05, 0.1) is 12.9 Å². The second-order valence-electron chi connectivity index (χ2n) is 13.1. The highest BCUT2D eigenvalue weighted by Crippen LogP contribution is 2.39. The molecule has 1 saturated heterocycles. The minimum absolute atomic E-state index is 0.148. The predicted octanol–water partition coefficient (Wildman–Crippen LogP) is 4.47. The van der Waals surface area contributed by atoms with Gasteiger partial charge in [-0.2, -0.15) is 4.98 Å². The fourth-order valence-electron chi connectivity index (χ4n) is 5.24. The molecule has 0 saturated carbocycles. The van der Waals surface area contributed by atoms with Gasteiger partial charge in [-0.05, 0) is 70.5 Å². The molecule has 3 aromatic heterocycles. The van der Waals surface area contributed by atoms with Crippen LogP contribution in [0.25, 0.3) is 11.2 Å². The summed E-state index contributed by atoms with van der Waals surface area (Å²) in [6.45, 7) is 11.4. The van der Waals surface area contributed by atoms with E-state index in [4.69, 9.17) is 25.8 Å². The number of ether oxygens (including phenoxy) is 3. The maximum Gasteiger partial charge on any atom is 0.423 e. The molecule has 0 bridgehead atoms. The first-order valence-electron chi connectivity index (χ1n) is 14.8. The monoisotopic (exact) mass is 747 g/mol. The summed E-state index contributed by atoms with van der Waals surface area (Å²) in [4.78, 5) is 52.3. The number of imide groups is 1. The van der Waals surface area contributed by atoms with E-state index in [-0.39, 0.29) is 17.9 Å². The first-order valence-corrected chi connectivity index (χ1v) is 15.9. The zero-order valence-corrected chi connectivity index (χ0v) is 29.7. The van der Waals surface area contributed by atoms with Crippen LogP contribution in [0.2, 0.25) is 5.02 Å². The lowest BCUT2D eigenvalue weighted by atomic mass is 9.97. The Hall–Kier alpha value is -4.58. The van der Waals surface area contributed by atoms with Crippen LogP contribution in [0.1, 0.15) is 59.4 Å². The molecule has 1 aromatic carbocycles. The van der Waals surface area contributed by atoms with Crippen LogP contribution < -0.4 is 20.3 Å². The van der Waals surface area contributed by atoms with E-state index in [1.54, 1.807) is 59.2 Å². The molecule has 1 fully saturated rings. The van der Waals surface area contributed by atoms with Gasteiger partial charge in [-0.15, -0.1) is 5.10 Å². The van der Waals surface area contributed by atoms with Crippen molar-refractivity contribution < 1.29 is 28.6 Å². The molecule has 5 rings (SSSR count). The van der Waals surface area contributed by atoms with Crippen molar-refractivity contribution in [3.63, 3.8) is 0 Å². The first kappa shape index (κ1) is 34.7. The highest BCUT2D eigenvalue weighted by molar-refractivity contribution is 9.10. The van der Waals surface area contributed by atoms with Gasteiger partial charge in [-0.1, -0.05) is 27.5 Å². The van der Waals surface area contributed by atoms with Crippen molar-refractivity contribution in [2.45, 2.75) is 71.2 Å². The Morgan fingerprint density at radius 1 is 1.02 bits per heavy atom.